The number of fused-ring (bicyclic) bond motifs is 1. The van der Waals surface area contributed by atoms with Crippen molar-refractivity contribution in [2.24, 2.45) is 17.8 Å². The summed E-state index contributed by atoms with van der Waals surface area (Å²) < 4.78 is 0. The van der Waals surface area contributed by atoms with Crippen molar-refractivity contribution in [3.8, 4) is 6.07 Å². The van der Waals surface area contributed by atoms with Crippen LogP contribution in [0.1, 0.15) is 46.0 Å². The summed E-state index contributed by atoms with van der Waals surface area (Å²) >= 11 is 0. The number of carbonyl (C=O) groups excluding carboxylic acids is 1. The number of likely N-dealkylation sites (tertiary alicyclic amines) is 1. The number of piperidine rings is 1. The van der Waals surface area contributed by atoms with Crippen molar-refractivity contribution in [2.45, 2.75) is 52.0 Å². The van der Waals surface area contributed by atoms with E-state index in [0.29, 0.717) is 12.0 Å². The average Bonchev–Trinajstić information content (AvgIpc) is 2.76. The van der Waals surface area contributed by atoms with Gasteiger partial charge in [-0.15, -0.1) is 0 Å². The van der Waals surface area contributed by atoms with Gasteiger partial charge in [-0.1, -0.05) is 20.3 Å². The van der Waals surface area contributed by atoms with E-state index in [2.05, 4.69) is 6.07 Å². The van der Waals surface area contributed by atoms with Gasteiger partial charge in [-0.05, 0) is 37.5 Å². The van der Waals surface area contributed by atoms with E-state index in [-0.39, 0.29) is 11.8 Å². The molecule has 0 N–H and O–H groups in total. The van der Waals surface area contributed by atoms with Crippen LogP contribution >= 0.6 is 0 Å². The Labute approximate surface area is 104 Å². The molecule has 0 aromatic carbocycles. The van der Waals surface area contributed by atoms with Gasteiger partial charge in [0.2, 0.25) is 5.91 Å². The first-order valence-electron chi connectivity index (χ1n) is 6.85. The van der Waals surface area contributed by atoms with Gasteiger partial charge in [0.15, 0.2) is 0 Å². The van der Waals surface area contributed by atoms with Crippen LogP contribution in [0, 0.1) is 29.1 Å². The first kappa shape index (κ1) is 12.4. The van der Waals surface area contributed by atoms with Crippen molar-refractivity contribution in [1.82, 2.24) is 4.90 Å². The van der Waals surface area contributed by atoms with E-state index in [4.69, 9.17) is 5.26 Å². The smallest absolute Gasteiger partial charge is 0.240 e. The summed E-state index contributed by atoms with van der Waals surface area (Å²) in [7, 11) is 0. The van der Waals surface area contributed by atoms with E-state index >= 15 is 0 Å². The lowest BCUT2D eigenvalue weighted by molar-refractivity contribution is -0.139. The number of nitrogens with zero attached hydrogens (tertiary/aromatic N) is 2. The topological polar surface area (TPSA) is 44.1 Å². The summed E-state index contributed by atoms with van der Waals surface area (Å²) in [6.45, 7) is 4.79. The molecule has 0 bridgehead atoms. The molecular formula is C14H22N2O. The van der Waals surface area contributed by atoms with Crippen LogP contribution in [0.25, 0.3) is 0 Å². The minimum atomic E-state index is -0.450. The molecule has 17 heavy (non-hydrogen) atoms. The van der Waals surface area contributed by atoms with Crippen LogP contribution in [0.2, 0.25) is 0 Å². The van der Waals surface area contributed by atoms with Crippen molar-refractivity contribution < 1.29 is 4.79 Å². The minimum absolute atomic E-state index is 0.0825. The molecule has 2 fully saturated rings. The number of hydrogen-bond donors (Lipinski definition) is 0. The Kier molecular flexibility index (Phi) is 3.71. The van der Waals surface area contributed by atoms with Crippen molar-refractivity contribution in [3.05, 3.63) is 0 Å². The fourth-order valence-electron chi connectivity index (χ4n) is 3.40. The molecule has 3 nitrogen and oxygen atoms in total. The maximum Gasteiger partial charge on any atom is 0.240 e. The molecular weight excluding hydrogens is 212 g/mol. The van der Waals surface area contributed by atoms with E-state index in [1.54, 1.807) is 0 Å². The Morgan fingerprint density at radius 3 is 2.65 bits per heavy atom. The minimum Gasteiger partial charge on any atom is -0.338 e. The molecule has 1 saturated heterocycles. The molecule has 1 amide bonds. The SMILES string of the molecule is CC(C)C(C#N)C(=O)N1CCCC2CCCC21. The molecule has 1 aliphatic heterocycles. The van der Waals surface area contributed by atoms with Crippen LogP contribution < -0.4 is 0 Å². The summed E-state index contributed by atoms with van der Waals surface area (Å²) in [4.78, 5) is 14.4. The third kappa shape index (κ3) is 2.31. The number of carbonyl (C=O) groups is 1. The number of nitriles is 1. The second kappa shape index (κ2) is 5.08. The largest absolute Gasteiger partial charge is 0.338 e. The van der Waals surface area contributed by atoms with Gasteiger partial charge in [-0.25, -0.2) is 0 Å². The van der Waals surface area contributed by atoms with Crippen molar-refractivity contribution in [1.29, 1.82) is 5.26 Å². The van der Waals surface area contributed by atoms with Gasteiger partial charge in [-0.3, -0.25) is 4.79 Å². The third-order valence-corrected chi connectivity index (χ3v) is 4.35. The monoisotopic (exact) mass is 234 g/mol. The van der Waals surface area contributed by atoms with Gasteiger partial charge < -0.3 is 4.90 Å². The first-order chi connectivity index (χ1) is 8.15. The zero-order valence-electron chi connectivity index (χ0n) is 10.9. The molecule has 3 unspecified atom stereocenters. The zero-order valence-corrected chi connectivity index (χ0v) is 10.9. The normalized spacial score (nSPS) is 29.9. The molecule has 1 heterocycles. The quantitative estimate of drug-likeness (QED) is 0.737. The Balaban J connectivity index is 2.10. The number of hydrogen-bond acceptors (Lipinski definition) is 2. The fraction of sp³-hybridized carbons (Fsp3) is 0.857. The Morgan fingerprint density at radius 1 is 1.29 bits per heavy atom. The van der Waals surface area contributed by atoms with Gasteiger partial charge in [0.05, 0.1) is 6.07 Å². The van der Waals surface area contributed by atoms with Crippen LogP contribution in [0.3, 0.4) is 0 Å². The van der Waals surface area contributed by atoms with Crippen molar-refractivity contribution in [3.63, 3.8) is 0 Å². The van der Waals surface area contributed by atoms with Crippen molar-refractivity contribution in [2.75, 3.05) is 6.54 Å². The first-order valence-corrected chi connectivity index (χ1v) is 6.85. The van der Waals surface area contributed by atoms with Crippen LogP contribution in [-0.4, -0.2) is 23.4 Å². The molecule has 2 aliphatic rings. The lowest BCUT2D eigenvalue weighted by Crippen LogP contribution is -2.49. The van der Waals surface area contributed by atoms with Crippen LogP contribution in [-0.2, 0) is 4.79 Å². The molecule has 1 saturated carbocycles. The van der Waals surface area contributed by atoms with Gasteiger partial charge in [0.1, 0.15) is 5.92 Å². The molecule has 94 valence electrons. The highest BCUT2D eigenvalue weighted by Crippen LogP contribution is 2.37. The molecule has 0 aromatic heterocycles. The standard InChI is InChI=1S/C14H22N2O/c1-10(2)12(9-15)14(17)16-8-4-6-11-5-3-7-13(11)16/h10-13H,3-8H2,1-2H3. The summed E-state index contributed by atoms with van der Waals surface area (Å²) in [6.07, 6.45) is 6.05. The lowest BCUT2D eigenvalue weighted by Gasteiger charge is -2.39. The van der Waals surface area contributed by atoms with E-state index in [9.17, 15) is 4.79 Å². The van der Waals surface area contributed by atoms with Gasteiger partial charge >= 0.3 is 0 Å². The molecule has 0 radical (unpaired) electrons. The molecule has 0 aromatic rings. The van der Waals surface area contributed by atoms with Crippen molar-refractivity contribution >= 4 is 5.91 Å². The van der Waals surface area contributed by atoms with E-state index in [0.717, 1.165) is 19.4 Å². The number of amides is 1. The average molecular weight is 234 g/mol. The second-order valence-corrected chi connectivity index (χ2v) is 5.78. The second-order valence-electron chi connectivity index (χ2n) is 5.78. The van der Waals surface area contributed by atoms with Crippen LogP contribution in [0.15, 0.2) is 0 Å². The van der Waals surface area contributed by atoms with E-state index in [1.807, 2.05) is 18.7 Å². The molecule has 1 aliphatic carbocycles. The van der Waals surface area contributed by atoms with Gasteiger partial charge in [0, 0.05) is 12.6 Å². The van der Waals surface area contributed by atoms with Crippen LogP contribution in [0.5, 0.6) is 0 Å². The zero-order chi connectivity index (χ0) is 12.4. The Bertz CT molecular complexity index is 332. The Hall–Kier alpha value is -1.04. The fourth-order valence-corrected chi connectivity index (χ4v) is 3.40. The predicted molar refractivity (Wildman–Crippen MR) is 66.0 cm³/mol. The summed E-state index contributed by atoms with van der Waals surface area (Å²) in [5.74, 6) is 0.460. The lowest BCUT2D eigenvalue weighted by atomic mass is 9.89. The molecule has 3 atom stereocenters. The molecule has 0 spiro atoms. The summed E-state index contributed by atoms with van der Waals surface area (Å²) in [5.41, 5.74) is 0. The predicted octanol–water partition coefficient (Wildman–Crippen LogP) is 2.57. The summed E-state index contributed by atoms with van der Waals surface area (Å²) in [6, 6.07) is 2.62. The van der Waals surface area contributed by atoms with E-state index in [1.165, 1.54) is 19.3 Å². The highest BCUT2D eigenvalue weighted by molar-refractivity contribution is 5.82. The molecule has 3 heteroatoms. The highest BCUT2D eigenvalue weighted by atomic mass is 16.2. The Morgan fingerprint density at radius 2 is 2.00 bits per heavy atom. The highest BCUT2D eigenvalue weighted by Gasteiger charge is 2.39. The number of rotatable bonds is 2. The molecule has 2 rings (SSSR count). The third-order valence-electron chi connectivity index (χ3n) is 4.35. The van der Waals surface area contributed by atoms with E-state index < -0.39 is 5.92 Å². The maximum atomic E-state index is 12.4. The summed E-state index contributed by atoms with van der Waals surface area (Å²) in [5, 5.41) is 9.14. The van der Waals surface area contributed by atoms with Gasteiger partial charge in [0.25, 0.3) is 0 Å². The van der Waals surface area contributed by atoms with Gasteiger partial charge in [-0.2, -0.15) is 5.26 Å². The maximum absolute atomic E-state index is 12.4. The van der Waals surface area contributed by atoms with Crippen LogP contribution in [0.4, 0.5) is 0 Å².